The smallest absolute Gasteiger partial charge is 0.462 e. The summed E-state index contributed by atoms with van der Waals surface area (Å²) in [5.74, 6) is -2.04. The van der Waals surface area contributed by atoms with Crippen molar-refractivity contribution in [2.24, 2.45) is 11.8 Å². The number of hydrogen-bond acceptors (Lipinski definition) is 12. The van der Waals surface area contributed by atoms with Gasteiger partial charge in [-0.15, -0.1) is 0 Å². The van der Waals surface area contributed by atoms with E-state index in [1.165, 1.54) is 6.08 Å². The first kappa shape index (κ1) is 54.8. The molecule has 60 heavy (non-hydrogen) atoms. The summed E-state index contributed by atoms with van der Waals surface area (Å²) in [6.07, 6.45) is 36.6. The van der Waals surface area contributed by atoms with Crippen LogP contribution < -0.4 is 0 Å². The molecule has 1 aliphatic carbocycles. The maximum Gasteiger partial charge on any atom is 0.472 e. The molecule has 0 spiro atoms. The molecule has 0 heterocycles. The van der Waals surface area contributed by atoms with Gasteiger partial charge in [0.15, 0.2) is 6.10 Å². The largest absolute Gasteiger partial charge is 0.472 e. The van der Waals surface area contributed by atoms with Crippen molar-refractivity contribution in [2.45, 2.75) is 141 Å². The van der Waals surface area contributed by atoms with Crippen LogP contribution in [0.3, 0.4) is 0 Å². The number of aliphatic hydroxyl groups is 5. The Bertz CT molecular complexity index is 1430. The van der Waals surface area contributed by atoms with E-state index in [-0.39, 0.29) is 31.1 Å². The molecule has 0 bridgehead atoms. The first-order valence-electron chi connectivity index (χ1n) is 21.5. The lowest BCUT2D eigenvalue weighted by Gasteiger charge is -2.20. The summed E-state index contributed by atoms with van der Waals surface area (Å²) < 4.78 is 32.5. The van der Waals surface area contributed by atoms with Gasteiger partial charge in [0.25, 0.3) is 0 Å². The fraction of sp³-hybridized carbons (Fsp3) is 0.609. The van der Waals surface area contributed by atoms with Crippen LogP contribution >= 0.6 is 7.82 Å². The van der Waals surface area contributed by atoms with Gasteiger partial charge in [-0.2, -0.15) is 0 Å². The molecule has 8 atom stereocenters. The van der Waals surface area contributed by atoms with E-state index in [1.54, 1.807) is 18.2 Å². The van der Waals surface area contributed by atoms with Crippen molar-refractivity contribution in [1.29, 1.82) is 0 Å². The van der Waals surface area contributed by atoms with Gasteiger partial charge in [-0.25, -0.2) is 4.57 Å². The normalized spacial score (nSPS) is 21.5. The van der Waals surface area contributed by atoms with E-state index in [9.17, 15) is 39.5 Å². The molecule has 1 rings (SSSR count). The number of aliphatic hydroxyl groups excluding tert-OH is 5. The minimum Gasteiger partial charge on any atom is -0.462 e. The van der Waals surface area contributed by atoms with Crippen LogP contribution in [0.5, 0.6) is 0 Å². The van der Waals surface area contributed by atoms with Gasteiger partial charge in [0.05, 0.1) is 44.6 Å². The van der Waals surface area contributed by atoms with Crippen molar-refractivity contribution >= 4 is 19.8 Å². The number of ether oxygens (including phenoxy) is 2. The molecule has 0 aromatic heterocycles. The molecule has 1 aliphatic rings. The highest BCUT2D eigenvalue weighted by molar-refractivity contribution is 7.47. The van der Waals surface area contributed by atoms with Gasteiger partial charge in [-0.3, -0.25) is 18.6 Å². The van der Waals surface area contributed by atoms with Gasteiger partial charge >= 0.3 is 19.8 Å². The van der Waals surface area contributed by atoms with E-state index >= 15 is 0 Å². The highest BCUT2D eigenvalue weighted by Crippen LogP contribution is 2.43. The number of phosphoric ester groups is 1. The Kier molecular flexibility index (Phi) is 32.3. The molecule has 0 amide bonds. The van der Waals surface area contributed by atoms with Crippen molar-refractivity contribution in [3.63, 3.8) is 0 Å². The Hall–Kier alpha value is -3.23. The fourth-order valence-corrected chi connectivity index (χ4v) is 6.78. The van der Waals surface area contributed by atoms with Crippen molar-refractivity contribution in [1.82, 2.24) is 0 Å². The Morgan fingerprint density at radius 1 is 0.733 bits per heavy atom. The molecule has 0 aromatic rings. The van der Waals surface area contributed by atoms with Crippen LogP contribution in [0.2, 0.25) is 0 Å². The summed E-state index contributed by atoms with van der Waals surface area (Å²) in [5, 5.41) is 49.7. The number of carbonyl (C=O) groups excluding carboxylic acids is 2. The molecule has 0 radical (unpaired) electrons. The van der Waals surface area contributed by atoms with Crippen LogP contribution in [-0.2, 0) is 32.7 Å². The van der Waals surface area contributed by atoms with E-state index in [0.717, 1.165) is 51.4 Å². The van der Waals surface area contributed by atoms with Gasteiger partial charge in [0.2, 0.25) is 0 Å². The van der Waals surface area contributed by atoms with Crippen molar-refractivity contribution < 1.29 is 63.1 Å². The third kappa shape index (κ3) is 29.1. The summed E-state index contributed by atoms with van der Waals surface area (Å²) in [6, 6.07) is 0. The van der Waals surface area contributed by atoms with Crippen molar-refractivity contribution in [2.75, 3.05) is 26.4 Å². The fourth-order valence-electron chi connectivity index (χ4n) is 5.99. The highest BCUT2D eigenvalue weighted by atomic mass is 31.2. The standard InChI is InChI=1S/C46H73O13P/c1-3-5-7-8-9-10-11-12-13-14-15-16-17-18-19-20-21-22-24-29-45(52)56-36-40(37-58-60(54,55)57-35-39(49)34-47)59-46(53)30-26-25-28-41-42(44(51)33-43(41)50)32-31-38(48)27-23-6-4-2/h5,7,9-10,12-13,15-16,18-19,21-22,25-26,31-32,38-44,47-51H,3-4,6,8,11,14,17,20,23-24,27-30,33-37H2,1-2H3,(H,54,55)/b7-5-,10-9-,13-12-,16-15-,19-18-,22-21-,26-25-,32-31+/t38-,39+,40-,41+,42-,43+,44-/m1/s1. The predicted molar refractivity (Wildman–Crippen MR) is 234 cm³/mol. The van der Waals surface area contributed by atoms with E-state index in [2.05, 4.69) is 73.1 Å². The van der Waals surface area contributed by atoms with Gasteiger partial charge in [-0.05, 0) is 63.7 Å². The molecule has 13 nitrogen and oxygen atoms in total. The topological polar surface area (TPSA) is 210 Å². The number of phosphoric acid groups is 1. The molecule has 0 saturated heterocycles. The van der Waals surface area contributed by atoms with Gasteiger partial charge in [0.1, 0.15) is 12.7 Å². The molecule has 0 aromatic carbocycles. The zero-order valence-electron chi connectivity index (χ0n) is 35.7. The molecular formula is C46H73O13P. The third-order valence-corrected chi connectivity index (χ3v) is 10.3. The first-order chi connectivity index (χ1) is 28.9. The summed E-state index contributed by atoms with van der Waals surface area (Å²) in [6.45, 7) is 1.66. The minimum atomic E-state index is -4.74. The Morgan fingerprint density at radius 2 is 1.32 bits per heavy atom. The third-order valence-electron chi connectivity index (χ3n) is 9.34. The van der Waals surface area contributed by atoms with Crippen molar-refractivity contribution in [3.05, 3.63) is 97.2 Å². The van der Waals surface area contributed by atoms with E-state index < -0.39 is 76.7 Å². The summed E-state index contributed by atoms with van der Waals surface area (Å²) >= 11 is 0. The molecule has 340 valence electrons. The molecule has 1 fully saturated rings. The first-order valence-corrected chi connectivity index (χ1v) is 22.9. The summed E-state index contributed by atoms with van der Waals surface area (Å²) in [4.78, 5) is 35.2. The van der Waals surface area contributed by atoms with E-state index in [1.807, 2.05) is 18.2 Å². The zero-order chi connectivity index (χ0) is 44.3. The number of allylic oxidation sites excluding steroid dienone is 13. The Balaban J connectivity index is 2.58. The summed E-state index contributed by atoms with van der Waals surface area (Å²) in [5.41, 5.74) is 0. The monoisotopic (exact) mass is 864 g/mol. The number of unbranched alkanes of at least 4 members (excludes halogenated alkanes) is 2. The second-order valence-corrected chi connectivity index (χ2v) is 16.1. The van der Waals surface area contributed by atoms with Gasteiger partial charge < -0.3 is 39.9 Å². The molecule has 14 heteroatoms. The molecule has 1 saturated carbocycles. The lowest BCUT2D eigenvalue weighted by Crippen LogP contribution is -2.29. The van der Waals surface area contributed by atoms with Gasteiger partial charge in [0, 0.05) is 18.8 Å². The van der Waals surface area contributed by atoms with Crippen LogP contribution in [0.15, 0.2) is 97.2 Å². The van der Waals surface area contributed by atoms with Crippen LogP contribution in [-0.4, -0.2) is 99.3 Å². The maximum atomic E-state index is 12.8. The number of carbonyl (C=O) groups is 2. The van der Waals surface area contributed by atoms with Crippen LogP contribution in [0.1, 0.15) is 110 Å². The molecule has 0 aliphatic heterocycles. The molecule has 6 N–H and O–H groups in total. The van der Waals surface area contributed by atoms with Crippen LogP contribution in [0.25, 0.3) is 0 Å². The number of esters is 2. The second kappa shape index (κ2) is 35.4. The minimum absolute atomic E-state index is 0.0444. The highest BCUT2D eigenvalue weighted by Gasteiger charge is 2.39. The molecular weight excluding hydrogens is 791 g/mol. The predicted octanol–water partition coefficient (Wildman–Crippen LogP) is 7.60. The van der Waals surface area contributed by atoms with Gasteiger partial charge in [-0.1, -0.05) is 130 Å². The zero-order valence-corrected chi connectivity index (χ0v) is 36.6. The Labute approximate surface area is 358 Å². The summed E-state index contributed by atoms with van der Waals surface area (Å²) in [7, 11) is -4.74. The number of rotatable bonds is 34. The number of hydrogen-bond donors (Lipinski definition) is 6. The second-order valence-electron chi connectivity index (χ2n) is 14.6. The Morgan fingerprint density at radius 3 is 1.90 bits per heavy atom. The SMILES string of the molecule is CC/C=C\C/C=C\C/C=C\C/C=C\C/C=C\C/C=C\CCC(=O)OC[C@H](COP(=O)(O)OC[C@@H](O)CO)OC(=O)C/C=C\C[C@H]1[C@@H](/C=C/[C@H](O)CCCCC)[C@H](O)C[C@@H]1O. The lowest BCUT2D eigenvalue weighted by molar-refractivity contribution is -0.160. The maximum absolute atomic E-state index is 12.8. The van der Waals surface area contributed by atoms with Crippen molar-refractivity contribution in [3.8, 4) is 0 Å². The van der Waals surface area contributed by atoms with Crippen LogP contribution in [0.4, 0.5) is 0 Å². The quantitative estimate of drug-likeness (QED) is 0.0160. The van der Waals surface area contributed by atoms with E-state index in [4.69, 9.17) is 19.1 Å². The average Bonchev–Trinajstić information content (AvgIpc) is 3.50. The lowest BCUT2D eigenvalue weighted by atomic mass is 9.89. The molecule has 1 unspecified atom stereocenters. The average molecular weight is 865 g/mol. The van der Waals surface area contributed by atoms with Crippen LogP contribution in [0, 0.1) is 11.8 Å². The van der Waals surface area contributed by atoms with E-state index in [0.29, 0.717) is 25.7 Å².